The number of aryl methyl sites for hydroxylation is 3. The lowest BCUT2D eigenvalue weighted by atomic mass is 10.1. The van der Waals surface area contributed by atoms with E-state index in [1.807, 2.05) is 0 Å². The molecule has 8 nitrogen and oxygen atoms in total. The second-order valence-electron chi connectivity index (χ2n) is 5.34. The Kier molecular flexibility index (Phi) is 4.98. The van der Waals surface area contributed by atoms with Gasteiger partial charge in [0.15, 0.2) is 6.61 Å². The van der Waals surface area contributed by atoms with E-state index >= 15 is 0 Å². The maximum atomic E-state index is 11.9. The number of anilines is 1. The lowest BCUT2D eigenvalue weighted by Gasteiger charge is -2.09. The molecule has 0 bridgehead atoms. The highest BCUT2D eigenvalue weighted by Crippen LogP contribution is 2.27. The summed E-state index contributed by atoms with van der Waals surface area (Å²) in [7, 11) is 1.68. The van der Waals surface area contributed by atoms with Gasteiger partial charge in [-0.25, -0.2) is 4.79 Å². The zero-order chi connectivity index (χ0) is 17.9. The number of rotatable bonds is 5. The van der Waals surface area contributed by atoms with Crippen LogP contribution in [0.15, 0.2) is 30.5 Å². The fraction of sp³-hybridized carbons (Fsp3) is 0.250. The lowest BCUT2D eigenvalue weighted by molar-refractivity contribution is -0.384. The van der Waals surface area contributed by atoms with E-state index in [1.54, 1.807) is 43.8 Å². The van der Waals surface area contributed by atoms with Crippen LogP contribution in [0.25, 0.3) is 0 Å². The summed E-state index contributed by atoms with van der Waals surface area (Å²) in [5.41, 5.74) is 1.72. The van der Waals surface area contributed by atoms with Gasteiger partial charge in [0.2, 0.25) is 0 Å². The minimum atomic E-state index is -0.649. The van der Waals surface area contributed by atoms with Crippen molar-refractivity contribution in [3.63, 3.8) is 0 Å². The van der Waals surface area contributed by atoms with E-state index < -0.39 is 23.4 Å². The normalized spacial score (nSPS) is 10.3. The van der Waals surface area contributed by atoms with Crippen LogP contribution in [0.1, 0.15) is 21.6 Å². The van der Waals surface area contributed by atoms with E-state index in [0.29, 0.717) is 5.69 Å². The second-order valence-corrected chi connectivity index (χ2v) is 5.34. The summed E-state index contributed by atoms with van der Waals surface area (Å²) < 4.78 is 6.48. The number of nitro benzene ring substituents is 1. The molecule has 8 heteroatoms. The highest BCUT2D eigenvalue weighted by molar-refractivity contribution is 5.96. The number of nitro groups is 1. The van der Waals surface area contributed by atoms with Crippen molar-refractivity contribution in [2.24, 2.45) is 7.05 Å². The summed E-state index contributed by atoms with van der Waals surface area (Å²) in [6.45, 7) is 2.99. The molecule has 0 spiro atoms. The van der Waals surface area contributed by atoms with Gasteiger partial charge in [-0.3, -0.25) is 14.9 Å². The molecular weight excluding hydrogens is 314 g/mol. The molecule has 2 aromatic rings. The number of benzene rings is 1. The predicted octanol–water partition coefficient (Wildman–Crippen LogP) is 2.35. The average molecular weight is 331 g/mol. The SMILES string of the molecule is Cc1cc(NC(=O)COC(=O)c2cccn2C)c([N+](=O)[O-])cc1C. The van der Waals surface area contributed by atoms with Gasteiger partial charge in [0.05, 0.1) is 4.92 Å². The summed E-state index contributed by atoms with van der Waals surface area (Å²) in [6, 6.07) is 6.15. The predicted molar refractivity (Wildman–Crippen MR) is 86.9 cm³/mol. The van der Waals surface area contributed by atoms with Crippen molar-refractivity contribution in [2.45, 2.75) is 13.8 Å². The largest absolute Gasteiger partial charge is 0.451 e. The topological polar surface area (TPSA) is 103 Å². The number of hydrogen-bond donors (Lipinski definition) is 1. The molecule has 1 heterocycles. The molecule has 0 unspecified atom stereocenters. The van der Waals surface area contributed by atoms with Crippen molar-refractivity contribution >= 4 is 23.3 Å². The number of amides is 1. The number of nitrogens with zero attached hydrogens (tertiary/aromatic N) is 2. The Labute approximate surface area is 138 Å². The lowest BCUT2D eigenvalue weighted by Crippen LogP contribution is -2.22. The maximum absolute atomic E-state index is 11.9. The van der Waals surface area contributed by atoms with Gasteiger partial charge in [-0.05, 0) is 43.2 Å². The third kappa shape index (κ3) is 3.78. The minimum Gasteiger partial charge on any atom is -0.451 e. The van der Waals surface area contributed by atoms with E-state index in [2.05, 4.69) is 5.32 Å². The summed E-state index contributed by atoms with van der Waals surface area (Å²) in [5.74, 6) is -1.30. The van der Waals surface area contributed by atoms with E-state index in [-0.39, 0.29) is 11.4 Å². The third-order valence-corrected chi connectivity index (χ3v) is 3.57. The van der Waals surface area contributed by atoms with Gasteiger partial charge in [-0.2, -0.15) is 0 Å². The first-order chi connectivity index (χ1) is 11.3. The smallest absolute Gasteiger partial charge is 0.355 e. The Morgan fingerprint density at radius 3 is 2.54 bits per heavy atom. The summed E-state index contributed by atoms with van der Waals surface area (Å²) >= 11 is 0. The average Bonchev–Trinajstić information content (AvgIpc) is 2.94. The van der Waals surface area contributed by atoms with Crippen molar-refractivity contribution in [2.75, 3.05) is 11.9 Å². The van der Waals surface area contributed by atoms with Crippen molar-refractivity contribution in [3.8, 4) is 0 Å². The van der Waals surface area contributed by atoms with Crippen LogP contribution in [0.3, 0.4) is 0 Å². The summed E-state index contributed by atoms with van der Waals surface area (Å²) in [4.78, 5) is 34.3. The number of nitrogens with one attached hydrogen (secondary N) is 1. The number of carbonyl (C=O) groups is 2. The van der Waals surface area contributed by atoms with Gasteiger partial charge >= 0.3 is 5.97 Å². The Morgan fingerprint density at radius 1 is 1.29 bits per heavy atom. The van der Waals surface area contributed by atoms with Crippen LogP contribution in [0, 0.1) is 24.0 Å². The van der Waals surface area contributed by atoms with Gasteiger partial charge in [0.25, 0.3) is 11.6 Å². The number of aromatic nitrogens is 1. The van der Waals surface area contributed by atoms with Crippen LogP contribution in [0.2, 0.25) is 0 Å². The molecule has 0 saturated heterocycles. The zero-order valence-corrected chi connectivity index (χ0v) is 13.5. The molecule has 1 aromatic carbocycles. The van der Waals surface area contributed by atoms with E-state index in [4.69, 9.17) is 4.74 Å². The molecule has 1 N–H and O–H groups in total. The number of carbonyl (C=O) groups excluding carboxylic acids is 2. The molecule has 0 aliphatic rings. The first-order valence-electron chi connectivity index (χ1n) is 7.13. The van der Waals surface area contributed by atoms with E-state index in [0.717, 1.165) is 11.1 Å². The summed E-state index contributed by atoms with van der Waals surface area (Å²) in [6.07, 6.45) is 1.68. The molecule has 0 aliphatic heterocycles. The van der Waals surface area contributed by atoms with Gasteiger partial charge in [0, 0.05) is 19.3 Å². The first kappa shape index (κ1) is 17.2. The highest BCUT2D eigenvalue weighted by Gasteiger charge is 2.19. The van der Waals surface area contributed by atoms with Crippen molar-refractivity contribution in [3.05, 3.63) is 57.4 Å². The fourth-order valence-corrected chi connectivity index (χ4v) is 2.12. The molecule has 24 heavy (non-hydrogen) atoms. The monoisotopic (exact) mass is 331 g/mol. The standard InChI is InChI=1S/C16H17N3O5/c1-10-7-12(14(19(22)23)8-11(10)2)17-15(20)9-24-16(21)13-5-4-6-18(13)3/h4-8H,9H2,1-3H3,(H,17,20). The van der Waals surface area contributed by atoms with Crippen LogP contribution in [0.5, 0.6) is 0 Å². The van der Waals surface area contributed by atoms with Crippen molar-refractivity contribution in [1.82, 2.24) is 4.57 Å². The number of esters is 1. The molecule has 126 valence electrons. The van der Waals surface area contributed by atoms with Crippen LogP contribution < -0.4 is 5.32 Å². The number of ether oxygens (including phenoxy) is 1. The molecule has 0 aliphatic carbocycles. The molecule has 1 aromatic heterocycles. The first-order valence-corrected chi connectivity index (χ1v) is 7.13. The molecule has 1 amide bonds. The highest BCUT2D eigenvalue weighted by atomic mass is 16.6. The van der Waals surface area contributed by atoms with Gasteiger partial charge in [0.1, 0.15) is 11.4 Å². The molecule has 0 fully saturated rings. The molecule has 0 saturated carbocycles. The van der Waals surface area contributed by atoms with Gasteiger partial charge in [-0.1, -0.05) is 0 Å². The van der Waals surface area contributed by atoms with Crippen LogP contribution in [-0.2, 0) is 16.6 Å². The number of hydrogen-bond acceptors (Lipinski definition) is 5. The maximum Gasteiger partial charge on any atom is 0.355 e. The third-order valence-electron chi connectivity index (χ3n) is 3.57. The molecule has 0 radical (unpaired) electrons. The molecular formula is C16H17N3O5. The van der Waals surface area contributed by atoms with Crippen LogP contribution >= 0.6 is 0 Å². The van der Waals surface area contributed by atoms with Crippen LogP contribution in [-0.4, -0.2) is 28.0 Å². The molecule has 0 atom stereocenters. The Morgan fingerprint density at radius 2 is 1.96 bits per heavy atom. The van der Waals surface area contributed by atoms with Crippen molar-refractivity contribution < 1.29 is 19.2 Å². The Hall–Kier alpha value is -3.16. The Bertz CT molecular complexity index is 810. The zero-order valence-electron chi connectivity index (χ0n) is 13.5. The van der Waals surface area contributed by atoms with Gasteiger partial charge in [-0.15, -0.1) is 0 Å². The quantitative estimate of drug-likeness (QED) is 0.514. The second kappa shape index (κ2) is 6.95. The van der Waals surface area contributed by atoms with E-state index in [1.165, 1.54) is 12.1 Å². The minimum absolute atomic E-state index is 0.0722. The van der Waals surface area contributed by atoms with E-state index in [9.17, 15) is 19.7 Å². The van der Waals surface area contributed by atoms with Gasteiger partial charge < -0.3 is 14.6 Å². The Balaban J connectivity index is 2.05. The van der Waals surface area contributed by atoms with Crippen LogP contribution in [0.4, 0.5) is 11.4 Å². The van der Waals surface area contributed by atoms with Crippen molar-refractivity contribution in [1.29, 1.82) is 0 Å². The molecule has 2 rings (SSSR count). The summed E-state index contributed by atoms with van der Waals surface area (Å²) in [5, 5.41) is 13.5. The fourth-order valence-electron chi connectivity index (χ4n) is 2.12.